The van der Waals surface area contributed by atoms with Crippen LogP contribution < -0.4 is 5.32 Å². The average molecular weight is 358 g/mol. The zero-order valence-electron chi connectivity index (χ0n) is 14.7. The first kappa shape index (κ1) is 18.0. The Morgan fingerprint density at radius 3 is 2.56 bits per heavy atom. The van der Waals surface area contributed by atoms with E-state index < -0.39 is 0 Å². The third kappa shape index (κ3) is 4.62. The molecule has 1 amide bonds. The second kappa shape index (κ2) is 8.03. The molecule has 0 bridgehead atoms. The molecule has 1 aliphatic heterocycles. The fourth-order valence-corrected chi connectivity index (χ4v) is 3.50. The van der Waals surface area contributed by atoms with Crippen molar-refractivity contribution in [2.75, 3.05) is 11.9 Å². The van der Waals surface area contributed by atoms with E-state index in [4.69, 9.17) is 16.3 Å². The van der Waals surface area contributed by atoms with Gasteiger partial charge in [0.15, 0.2) is 0 Å². The van der Waals surface area contributed by atoms with E-state index in [1.807, 2.05) is 18.2 Å². The second-order valence-corrected chi connectivity index (χ2v) is 7.36. The minimum absolute atomic E-state index is 0.193. The van der Waals surface area contributed by atoms with Crippen LogP contribution in [0, 0.1) is 11.8 Å². The Morgan fingerprint density at radius 2 is 1.88 bits per heavy atom. The quantitative estimate of drug-likeness (QED) is 0.817. The molecule has 3 nitrogen and oxygen atoms in total. The first-order chi connectivity index (χ1) is 12.0. The lowest BCUT2D eigenvalue weighted by molar-refractivity contribution is -0.0397. The molecule has 3 unspecified atom stereocenters. The Bertz CT molecular complexity index is 729. The van der Waals surface area contributed by atoms with Crippen molar-refractivity contribution in [2.24, 2.45) is 11.8 Å². The molecule has 2 aromatic carbocycles. The van der Waals surface area contributed by atoms with Crippen LogP contribution in [0.3, 0.4) is 0 Å². The number of nitrogens with one attached hydrogen (secondary N) is 1. The van der Waals surface area contributed by atoms with Crippen LogP contribution in [0.1, 0.15) is 36.2 Å². The molecule has 1 heterocycles. The highest BCUT2D eigenvalue weighted by molar-refractivity contribution is 6.34. The van der Waals surface area contributed by atoms with Crippen LogP contribution in [-0.4, -0.2) is 18.6 Å². The molecule has 0 aliphatic carbocycles. The zero-order valence-corrected chi connectivity index (χ0v) is 15.4. The molecule has 3 rings (SSSR count). The zero-order chi connectivity index (χ0) is 17.8. The summed E-state index contributed by atoms with van der Waals surface area (Å²) in [5.74, 6) is 0.976. The first-order valence-electron chi connectivity index (χ1n) is 8.79. The molecule has 1 fully saturated rings. The smallest absolute Gasteiger partial charge is 0.257 e. The van der Waals surface area contributed by atoms with Gasteiger partial charge in [0, 0.05) is 5.69 Å². The predicted molar refractivity (Wildman–Crippen MR) is 102 cm³/mol. The van der Waals surface area contributed by atoms with E-state index in [0.29, 0.717) is 28.5 Å². The Kier molecular flexibility index (Phi) is 5.77. The monoisotopic (exact) mass is 357 g/mol. The summed E-state index contributed by atoms with van der Waals surface area (Å²) in [5, 5.41) is 3.35. The summed E-state index contributed by atoms with van der Waals surface area (Å²) in [6.45, 7) is 5.23. The standard InChI is InChI=1S/C21H24ClNO2/c1-14-11-17(13-25-15(14)2)12-16-7-9-18(10-8-16)23-21(24)19-5-3-4-6-20(19)22/h3-10,14-15,17H,11-13H2,1-2H3,(H,23,24). The van der Waals surface area contributed by atoms with E-state index in [1.54, 1.807) is 18.2 Å². The minimum Gasteiger partial charge on any atom is -0.378 e. The van der Waals surface area contributed by atoms with Gasteiger partial charge in [-0.25, -0.2) is 0 Å². The van der Waals surface area contributed by atoms with Crippen LogP contribution in [0.2, 0.25) is 5.02 Å². The number of hydrogen-bond donors (Lipinski definition) is 1. The molecule has 0 saturated carbocycles. The lowest BCUT2D eigenvalue weighted by Gasteiger charge is -2.32. The number of carbonyl (C=O) groups is 1. The summed E-state index contributed by atoms with van der Waals surface area (Å²) in [7, 11) is 0. The van der Waals surface area contributed by atoms with Crippen molar-refractivity contribution < 1.29 is 9.53 Å². The van der Waals surface area contributed by atoms with E-state index in [0.717, 1.165) is 18.7 Å². The first-order valence-corrected chi connectivity index (χ1v) is 9.17. The largest absolute Gasteiger partial charge is 0.378 e. The van der Waals surface area contributed by atoms with Crippen LogP contribution in [0.25, 0.3) is 0 Å². The van der Waals surface area contributed by atoms with Gasteiger partial charge in [-0.2, -0.15) is 0 Å². The van der Waals surface area contributed by atoms with Gasteiger partial charge < -0.3 is 10.1 Å². The summed E-state index contributed by atoms with van der Waals surface area (Å²) < 4.78 is 5.84. The summed E-state index contributed by atoms with van der Waals surface area (Å²) in [6, 6.07) is 15.1. The van der Waals surface area contributed by atoms with Crippen molar-refractivity contribution in [3.8, 4) is 0 Å². The molecular weight excluding hydrogens is 334 g/mol. The van der Waals surface area contributed by atoms with Crippen LogP contribution in [-0.2, 0) is 11.2 Å². The highest BCUT2D eigenvalue weighted by Crippen LogP contribution is 2.27. The Hall–Kier alpha value is -1.84. The van der Waals surface area contributed by atoms with Gasteiger partial charge >= 0.3 is 0 Å². The van der Waals surface area contributed by atoms with Gasteiger partial charge in [0.25, 0.3) is 5.91 Å². The van der Waals surface area contributed by atoms with E-state index in [9.17, 15) is 4.79 Å². The SMILES string of the molecule is CC1CC(Cc2ccc(NC(=O)c3ccccc3Cl)cc2)COC1C. The summed E-state index contributed by atoms with van der Waals surface area (Å²) in [6.07, 6.45) is 2.57. The molecule has 0 radical (unpaired) electrons. The average Bonchev–Trinajstić information content (AvgIpc) is 2.60. The van der Waals surface area contributed by atoms with Crippen molar-refractivity contribution >= 4 is 23.2 Å². The second-order valence-electron chi connectivity index (χ2n) is 6.95. The summed E-state index contributed by atoms with van der Waals surface area (Å²) >= 11 is 6.07. The number of anilines is 1. The maximum atomic E-state index is 12.3. The van der Waals surface area contributed by atoms with E-state index in [2.05, 4.69) is 31.3 Å². The molecule has 1 saturated heterocycles. The number of hydrogen-bond acceptors (Lipinski definition) is 2. The fraction of sp³-hybridized carbons (Fsp3) is 0.381. The van der Waals surface area contributed by atoms with Crippen LogP contribution >= 0.6 is 11.6 Å². The Labute approximate surface area is 154 Å². The topological polar surface area (TPSA) is 38.3 Å². The van der Waals surface area contributed by atoms with Crippen molar-refractivity contribution in [1.82, 2.24) is 0 Å². The molecule has 0 aromatic heterocycles. The molecule has 1 N–H and O–H groups in total. The lowest BCUT2D eigenvalue weighted by Crippen LogP contribution is -2.31. The predicted octanol–water partition coefficient (Wildman–Crippen LogP) is 5.20. The van der Waals surface area contributed by atoms with Gasteiger partial charge in [-0.1, -0.05) is 42.8 Å². The fourth-order valence-electron chi connectivity index (χ4n) is 3.28. The number of halogens is 1. The Morgan fingerprint density at radius 1 is 1.16 bits per heavy atom. The molecule has 2 aromatic rings. The van der Waals surface area contributed by atoms with Gasteiger partial charge in [-0.3, -0.25) is 4.79 Å². The molecule has 1 aliphatic rings. The maximum Gasteiger partial charge on any atom is 0.257 e. The van der Waals surface area contributed by atoms with Crippen LogP contribution in [0.5, 0.6) is 0 Å². The van der Waals surface area contributed by atoms with Gasteiger partial charge in [0.2, 0.25) is 0 Å². The molecule has 3 atom stereocenters. The molecule has 25 heavy (non-hydrogen) atoms. The molecule has 0 spiro atoms. The highest BCUT2D eigenvalue weighted by atomic mass is 35.5. The van der Waals surface area contributed by atoms with Crippen molar-refractivity contribution in [2.45, 2.75) is 32.8 Å². The normalized spacial score (nSPS) is 23.2. The maximum absolute atomic E-state index is 12.3. The number of carbonyl (C=O) groups excluding carboxylic acids is 1. The molecule has 4 heteroatoms. The van der Waals surface area contributed by atoms with Crippen LogP contribution in [0.4, 0.5) is 5.69 Å². The van der Waals surface area contributed by atoms with Crippen molar-refractivity contribution in [1.29, 1.82) is 0 Å². The van der Waals surface area contributed by atoms with E-state index in [1.165, 1.54) is 12.0 Å². The van der Waals surface area contributed by atoms with Gasteiger partial charge in [0.1, 0.15) is 0 Å². The third-order valence-corrected chi connectivity index (χ3v) is 5.29. The number of amides is 1. The van der Waals surface area contributed by atoms with E-state index >= 15 is 0 Å². The van der Waals surface area contributed by atoms with Gasteiger partial charge in [-0.15, -0.1) is 0 Å². The number of ether oxygens (including phenoxy) is 1. The van der Waals surface area contributed by atoms with Crippen molar-refractivity contribution in [3.63, 3.8) is 0 Å². The van der Waals surface area contributed by atoms with Gasteiger partial charge in [0.05, 0.1) is 23.3 Å². The number of benzene rings is 2. The summed E-state index contributed by atoms with van der Waals surface area (Å²) in [5.41, 5.74) is 2.53. The molecule has 132 valence electrons. The highest BCUT2D eigenvalue weighted by Gasteiger charge is 2.25. The minimum atomic E-state index is -0.193. The lowest BCUT2D eigenvalue weighted by atomic mass is 9.86. The molecular formula is C21H24ClNO2. The number of rotatable bonds is 4. The van der Waals surface area contributed by atoms with Gasteiger partial charge in [-0.05, 0) is 61.4 Å². The van der Waals surface area contributed by atoms with E-state index in [-0.39, 0.29) is 5.91 Å². The van der Waals surface area contributed by atoms with Crippen LogP contribution in [0.15, 0.2) is 48.5 Å². The third-order valence-electron chi connectivity index (χ3n) is 4.96. The summed E-state index contributed by atoms with van der Waals surface area (Å²) in [4.78, 5) is 12.3. The Balaban J connectivity index is 1.59. The van der Waals surface area contributed by atoms with Crippen molar-refractivity contribution in [3.05, 3.63) is 64.7 Å².